The Bertz CT molecular complexity index is 322. The number of nitrogens with two attached hydrogens (primary N) is 1. The number of pyridine rings is 1. The van der Waals surface area contributed by atoms with E-state index in [-0.39, 0.29) is 5.69 Å². The molecule has 3 N–H and O–H groups in total. The maximum absolute atomic E-state index is 12.9. The van der Waals surface area contributed by atoms with Crippen LogP contribution in [0.5, 0.6) is 0 Å². The maximum atomic E-state index is 12.9. The van der Waals surface area contributed by atoms with Gasteiger partial charge in [-0.3, -0.25) is 0 Å². The first-order valence-electron chi connectivity index (χ1n) is 3.84. The van der Waals surface area contributed by atoms with Crippen LogP contribution in [-0.4, -0.2) is 22.6 Å². The second-order valence-corrected chi connectivity index (χ2v) is 3.59. The SMILES string of the molecule is N[C@@H](c1cccc(Br)n1)C(F)(F)CO. The van der Waals surface area contributed by atoms with Crippen LogP contribution in [0, 0.1) is 0 Å². The van der Waals surface area contributed by atoms with Crippen molar-refractivity contribution in [2.45, 2.75) is 12.0 Å². The van der Waals surface area contributed by atoms with Gasteiger partial charge >= 0.3 is 0 Å². The highest BCUT2D eigenvalue weighted by atomic mass is 79.9. The van der Waals surface area contributed by atoms with Crippen LogP contribution in [0.15, 0.2) is 22.8 Å². The van der Waals surface area contributed by atoms with Crippen molar-refractivity contribution in [1.82, 2.24) is 4.98 Å². The van der Waals surface area contributed by atoms with E-state index < -0.39 is 18.6 Å². The first-order valence-corrected chi connectivity index (χ1v) is 4.63. The van der Waals surface area contributed by atoms with E-state index in [1.54, 1.807) is 12.1 Å². The minimum atomic E-state index is -3.35. The molecule has 0 amide bonds. The van der Waals surface area contributed by atoms with Crippen molar-refractivity contribution in [2.75, 3.05) is 6.61 Å². The minimum Gasteiger partial charge on any atom is -0.390 e. The van der Waals surface area contributed by atoms with E-state index in [0.29, 0.717) is 4.60 Å². The summed E-state index contributed by atoms with van der Waals surface area (Å²) in [4.78, 5) is 3.79. The normalized spacial score (nSPS) is 14.1. The van der Waals surface area contributed by atoms with Gasteiger partial charge in [-0.15, -0.1) is 0 Å². The molecule has 1 heterocycles. The lowest BCUT2D eigenvalue weighted by molar-refractivity contribution is -0.0721. The third-order valence-electron chi connectivity index (χ3n) is 1.72. The number of hydrogen-bond acceptors (Lipinski definition) is 3. The monoisotopic (exact) mass is 266 g/mol. The molecule has 78 valence electrons. The summed E-state index contributed by atoms with van der Waals surface area (Å²) >= 11 is 3.05. The van der Waals surface area contributed by atoms with Gasteiger partial charge in [0.05, 0.1) is 5.69 Å². The molecule has 0 aromatic carbocycles. The van der Waals surface area contributed by atoms with Crippen LogP contribution in [0.25, 0.3) is 0 Å². The van der Waals surface area contributed by atoms with Crippen molar-refractivity contribution in [3.05, 3.63) is 28.5 Å². The van der Waals surface area contributed by atoms with E-state index in [2.05, 4.69) is 20.9 Å². The lowest BCUT2D eigenvalue weighted by Gasteiger charge is -2.20. The third-order valence-corrected chi connectivity index (χ3v) is 2.16. The molecule has 0 saturated heterocycles. The maximum Gasteiger partial charge on any atom is 0.291 e. The number of aliphatic hydroxyl groups is 1. The molecular weight excluding hydrogens is 258 g/mol. The molecule has 1 atom stereocenters. The molecule has 14 heavy (non-hydrogen) atoms. The molecule has 0 saturated carbocycles. The summed E-state index contributed by atoms with van der Waals surface area (Å²) in [6.07, 6.45) is 0. The van der Waals surface area contributed by atoms with Crippen LogP contribution in [-0.2, 0) is 0 Å². The largest absolute Gasteiger partial charge is 0.390 e. The van der Waals surface area contributed by atoms with Crippen molar-refractivity contribution in [3.8, 4) is 0 Å². The molecule has 1 aromatic rings. The first kappa shape index (κ1) is 11.5. The molecular formula is C8H9BrF2N2O. The van der Waals surface area contributed by atoms with Gasteiger partial charge in [0.1, 0.15) is 17.3 Å². The van der Waals surface area contributed by atoms with Crippen molar-refractivity contribution >= 4 is 15.9 Å². The molecule has 3 nitrogen and oxygen atoms in total. The smallest absolute Gasteiger partial charge is 0.291 e. The summed E-state index contributed by atoms with van der Waals surface area (Å²) in [6, 6.07) is 2.96. The zero-order chi connectivity index (χ0) is 10.8. The van der Waals surface area contributed by atoms with Gasteiger partial charge in [-0.05, 0) is 28.1 Å². The molecule has 1 rings (SSSR count). The van der Waals surface area contributed by atoms with Gasteiger partial charge in [0, 0.05) is 0 Å². The van der Waals surface area contributed by atoms with Crippen LogP contribution in [0.1, 0.15) is 11.7 Å². The Balaban J connectivity index is 2.94. The van der Waals surface area contributed by atoms with Gasteiger partial charge in [-0.2, -0.15) is 0 Å². The standard InChI is InChI=1S/C8H9BrF2N2O/c9-6-3-1-2-5(13-6)7(12)8(10,11)4-14/h1-3,7,14H,4,12H2/t7-/m0/s1. The molecule has 0 spiro atoms. The average Bonchev–Trinajstić information content (AvgIpc) is 2.16. The summed E-state index contributed by atoms with van der Waals surface area (Å²) in [5, 5.41) is 8.43. The van der Waals surface area contributed by atoms with Gasteiger partial charge < -0.3 is 10.8 Å². The Morgan fingerprint density at radius 2 is 2.21 bits per heavy atom. The van der Waals surface area contributed by atoms with E-state index in [0.717, 1.165) is 0 Å². The predicted octanol–water partition coefficient (Wildman–Crippen LogP) is 1.47. The molecule has 0 aliphatic rings. The third kappa shape index (κ3) is 2.46. The Labute approximate surface area is 88.1 Å². The number of aromatic nitrogens is 1. The number of aliphatic hydroxyl groups excluding tert-OH is 1. The predicted molar refractivity (Wildman–Crippen MR) is 50.9 cm³/mol. The minimum absolute atomic E-state index is 0.0402. The molecule has 0 radical (unpaired) electrons. The van der Waals surface area contributed by atoms with Crippen molar-refractivity contribution < 1.29 is 13.9 Å². The highest BCUT2D eigenvalue weighted by Crippen LogP contribution is 2.27. The van der Waals surface area contributed by atoms with Gasteiger partial charge in [0.15, 0.2) is 0 Å². The fourth-order valence-corrected chi connectivity index (χ4v) is 1.27. The quantitative estimate of drug-likeness (QED) is 0.815. The molecule has 0 bridgehead atoms. The molecule has 0 aliphatic carbocycles. The molecule has 0 unspecified atom stereocenters. The Morgan fingerprint density at radius 1 is 1.57 bits per heavy atom. The molecule has 6 heteroatoms. The summed E-state index contributed by atoms with van der Waals surface area (Å²) in [7, 11) is 0. The van der Waals surface area contributed by atoms with E-state index >= 15 is 0 Å². The van der Waals surface area contributed by atoms with Gasteiger partial charge in [0.2, 0.25) is 0 Å². The zero-order valence-corrected chi connectivity index (χ0v) is 8.71. The summed E-state index contributed by atoms with van der Waals surface area (Å²) in [5.41, 5.74) is 5.30. The van der Waals surface area contributed by atoms with Gasteiger partial charge in [-0.1, -0.05) is 6.07 Å². The second-order valence-electron chi connectivity index (χ2n) is 2.78. The lowest BCUT2D eigenvalue weighted by Crippen LogP contribution is -2.36. The number of halogens is 3. The summed E-state index contributed by atoms with van der Waals surface area (Å²) in [5.74, 6) is -3.35. The van der Waals surface area contributed by atoms with E-state index in [9.17, 15) is 8.78 Å². The highest BCUT2D eigenvalue weighted by molar-refractivity contribution is 9.10. The van der Waals surface area contributed by atoms with Crippen LogP contribution >= 0.6 is 15.9 Å². The molecule has 0 aliphatic heterocycles. The Morgan fingerprint density at radius 3 is 2.71 bits per heavy atom. The van der Waals surface area contributed by atoms with Crippen molar-refractivity contribution in [1.29, 1.82) is 0 Å². The fraction of sp³-hybridized carbons (Fsp3) is 0.375. The fourth-order valence-electron chi connectivity index (χ4n) is 0.912. The summed E-state index contributed by atoms with van der Waals surface area (Å²) < 4.78 is 26.3. The van der Waals surface area contributed by atoms with Crippen molar-refractivity contribution in [3.63, 3.8) is 0 Å². The van der Waals surface area contributed by atoms with Crippen LogP contribution in [0.2, 0.25) is 0 Å². The van der Waals surface area contributed by atoms with Crippen molar-refractivity contribution in [2.24, 2.45) is 5.73 Å². The zero-order valence-electron chi connectivity index (χ0n) is 7.12. The van der Waals surface area contributed by atoms with E-state index in [1.165, 1.54) is 6.07 Å². The summed E-state index contributed by atoms with van der Waals surface area (Å²) in [6.45, 7) is -1.29. The number of nitrogens with zero attached hydrogens (tertiary/aromatic N) is 1. The van der Waals surface area contributed by atoms with Crippen LogP contribution < -0.4 is 5.73 Å². The van der Waals surface area contributed by atoms with Gasteiger partial charge in [-0.25, -0.2) is 13.8 Å². The van der Waals surface area contributed by atoms with Gasteiger partial charge in [0.25, 0.3) is 5.92 Å². The van der Waals surface area contributed by atoms with Crippen LogP contribution in [0.4, 0.5) is 8.78 Å². The highest BCUT2D eigenvalue weighted by Gasteiger charge is 2.38. The van der Waals surface area contributed by atoms with Crippen LogP contribution in [0.3, 0.4) is 0 Å². The number of rotatable bonds is 3. The number of hydrogen-bond donors (Lipinski definition) is 2. The Hall–Kier alpha value is -0.590. The second kappa shape index (κ2) is 4.29. The molecule has 1 aromatic heterocycles. The van der Waals surface area contributed by atoms with E-state index in [1.807, 2.05) is 0 Å². The Kier molecular flexibility index (Phi) is 3.52. The average molecular weight is 267 g/mol. The first-order chi connectivity index (χ1) is 6.47. The topological polar surface area (TPSA) is 59.1 Å². The lowest BCUT2D eigenvalue weighted by atomic mass is 10.1. The molecule has 0 fully saturated rings. The number of alkyl halides is 2. The van der Waals surface area contributed by atoms with E-state index in [4.69, 9.17) is 10.8 Å².